The number of rotatable bonds is 5. The number of hydrogen-bond donors (Lipinski definition) is 1. The Morgan fingerprint density at radius 1 is 1.24 bits per heavy atom. The lowest BCUT2D eigenvalue weighted by atomic mass is 9.73. The van der Waals surface area contributed by atoms with Crippen LogP contribution in [0.2, 0.25) is 0 Å². The predicted molar refractivity (Wildman–Crippen MR) is 71.2 cm³/mol. The van der Waals surface area contributed by atoms with Crippen LogP contribution < -0.4 is 10.1 Å². The van der Waals surface area contributed by atoms with Crippen LogP contribution >= 0.6 is 0 Å². The molecular formula is C15H23NO. The molecule has 0 saturated heterocycles. The first-order chi connectivity index (χ1) is 8.19. The molecule has 17 heavy (non-hydrogen) atoms. The maximum atomic E-state index is 5.15. The first kappa shape index (κ1) is 12.4. The van der Waals surface area contributed by atoms with Crippen molar-refractivity contribution >= 4 is 0 Å². The van der Waals surface area contributed by atoms with Crippen molar-refractivity contribution in [2.45, 2.75) is 39.3 Å². The number of nitrogens with one attached hydrogen (secondary N) is 1. The fourth-order valence-electron chi connectivity index (χ4n) is 2.38. The zero-order chi connectivity index (χ0) is 12.3. The van der Waals surface area contributed by atoms with Gasteiger partial charge in [-0.2, -0.15) is 0 Å². The van der Waals surface area contributed by atoms with E-state index in [0.717, 1.165) is 30.2 Å². The predicted octanol–water partition coefficient (Wildman–Crippen LogP) is 3.22. The minimum Gasteiger partial charge on any atom is -0.497 e. The second kappa shape index (κ2) is 5.54. The zero-order valence-electron chi connectivity index (χ0n) is 11.1. The average molecular weight is 233 g/mol. The molecule has 1 saturated carbocycles. The number of ether oxygens (including phenoxy) is 1. The summed E-state index contributed by atoms with van der Waals surface area (Å²) in [5.74, 6) is 2.70. The molecule has 0 heterocycles. The van der Waals surface area contributed by atoms with Gasteiger partial charge in [0.05, 0.1) is 7.11 Å². The van der Waals surface area contributed by atoms with Gasteiger partial charge in [0.25, 0.3) is 0 Å². The summed E-state index contributed by atoms with van der Waals surface area (Å²) in [6.07, 6.45) is 2.68. The molecule has 1 aliphatic rings. The van der Waals surface area contributed by atoms with Crippen molar-refractivity contribution in [3.63, 3.8) is 0 Å². The van der Waals surface area contributed by atoms with Crippen LogP contribution in [0.1, 0.15) is 32.3 Å². The van der Waals surface area contributed by atoms with E-state index in [9.17, 15) is 0 Å². The summed E-state index contributed by atoms with van der Waals surface area (Å²) in [6, 6.07) is 9.03. The highest BCUT2D eigenvalue weighted by Gasteiger charge is 2.30. The Labute approximate surface area is 104 Å². The van der Waals surface area contributed by atoms with E-state index in [4.69, 9.17) is 4.74 Å². The first-order valence-corrected chi connectivity index (χ1v) is 6.55. The summed E-state index contributed by atoms with van der Waals surface area (Å²) in [5.41, 5.74) is 1.33. The molecule has 94 valence electrons. The molecule has 1 aliphatic carbocycles. The lowest BCUT2D eigenvalue weighted by Gasteiger charge is -2.38. The van der Waals surface area contributed by atoms with Crippen molar-refractivity contribution in [1.29, 1.82) is 0 Å². The van der Waals surface area contributed by atoms with E-state index in [0.29, 0.717) is 0 Å². The molecule has 0 spiro atoms. The van der Waals surface area contributed by atoms with Crippen LogP contribution in [0, 0.1) is 11.8 Å². The van der Waals surface area contributed by atoms with Crippen LogP contribution in [-0.2, 0) is 6.54 Å². The van der Waals surface area contributed by atoms with Crippen LogP contribution in [0.4, 0.5) is 0 Å². The van der Waals surface area contributed by atoms with Crippen LogP contribution in [-0.4, -0.2) is 13.2 Å². The van der Waals surface area contributed by atoms with Crippen molar-refractivity contribution in [1.82, 2.24) is 5.32 Å². The fraction of sp³-hybridized carbons (Fsp3) is 0.600. The molecule has 0 aromatic heterocycles. The summed E-state index contributed by atoms with van der Waals surface area (Å²) in [5, 5.41) is 3.62. The maximum Gasteiger partial charge on any atom is 0.118 e. The molecule has 0 radical (unpaired) electrons. The Balaban J connectivity index is 1.72. The van der Waals surface area contributed by atoms with Gasteiger partial charge in [-0.15, -0.1) is 0 Å². The van der Waals surface area contributed by atoms with Gasteiger partial charge in [0, 0.05) is 12.6 Å². The van der Waals surface area contributed by atoms with E-state index >= 15 is 0 Å². The highest BCUT2D eigenvalue weighted by atomic mass is 16.5. The smallest absolute Gasteiger partial charge is 0.118 e. The largest absolute Gasteiger partial charge is 0.497 e. The quantitative estimate of drug-likeness (QED) is 0.843. The van der Waals surface area contributed by atoms with E-state index in [1.54, 1.807) is 7.11 Å². The molecule has 0 atom stereocenters. The van der Waals surface area contributed by atoms with Gasteiger partial charge < -0.3 is 10.1 Å². The Morgan fingerprint density at radius 2 is 1.88 bits per heavy atom. The second-order valence-corrected chi connectivity index (χ2v) is 5.40. The van der Waals surface area contributed by atoms with Crippen LogP contribution in [0.15, 0.2) is 24.3 Å². The van der Waals surface area contributed by atoms with Crippen molar-refractivity contribution in [3.05, 3.63) is 29.8 Å². The molecule has 0 bridgehead atoms. The van der Waals surface area contributed by atoms with E-state index in [1.165, 1.54) is 18.4 Å². The van der Waals surface area contributed by atoms with Gasteiger partial charge in [0.2, 0.25) is 0 Å². The number of methoxy groups -OCH3 is 1. The standard InChI is InChI=1S/C15H23NO/c1-11(2)13-8-14(9-13)16-10-12-4-6-15(17-3)7-5-12/h4-7,11,13-14,16H,8-10H2,1-3H3. The van der Waals surface area contributed by atoms with E-state index in [-0.39, 0.29) is 0 Å². The van der Waals surface area contributed by atoms with E-state index < -0.39 is 0 Å². The molecule has 1 N–H and O–H groups in total. The van der Waals surface area contributed by atoms with E-state index in [1.807, 2.05) is 12.1 Å². The maximum absolute atomic E-state index is 5.15. The topological polar surface area (TPSA) is 21.3 Å². The molecule has 1 aromatic rings. The Bertz CT molecular complexity index is 338. The first-order valence-electron chi connectivity index (χ1n) is 6.55. The minimum atomic E-state index is 0.726. The SMILES string of the molecule is COc1ccc(CNC2CC(C(C)C)C2)cc1. The average Bonchev–Trinajstić information content (AvgIpc) is 2.27. The van der Waals surface area contributed by atoms with Crippen LogP contribution in [0.25, 0.3) is 0 Å². The molecule has 2 heteroatoms. The van der Waals surface area contributed by atoms with Gasteiger partial charge in [-0.3, -0.25) is 0 Å². The molecule has 2 rings (SSSR count). The summed E-state index contributed by atoms with van der Waals surface area (Å²) >= 11 is 0. The van der Waals surface area contributed by atoms with Gasteiger partial charge in [-0.1, -0.05) is 26.0 Å². The number of hydrogen-bond acceptors (Lipinski definition) is 2. The third-order valence-electron chi connectivity index (χ3n) is 3.87. The van der Waals surface area contributed by atoms with Gasteiger partial charge >= 0.3 is 0 Å². The molecule has 1 fully saturated rings. The molecule has 1 aromatic carbocycles. The normalized spacial score (nSPS) is 23.5. The minimum absolute atomic E-state index is 0.726. The van der Waals surface area contributed by atoms with Crippen molar-refractivity contribution in [3.8, 4) is 5.75 Å². The van der Waals surface area contributed by atoms with Gasteiger partial charge in [0.15, 0.2) is 0 Å². The van der Waals surface area contributed by atoms with Gasteiger partial charge in [-0.05, 0) is 42.4 Å². The van der Waals surface area contributed by atoms with E-state index in [2.05, 4.69) is 31.3 Å². The molecular weight excluding hydrogens is 210 g/mol. The van der Waals surface area contributed by atoms with Gasteiger partial charge in [-0.25, -0.2) is 0 Å². The third kappa shape index (κ3) is 3.22. The molecule has 0 amide bonds. The van der Waals surface area contributed by atoms with Gasteiger partial charge in [0.1, 0.15) is 5.75 Å². The fourth-order valence-corrected chi connectivity index (χ4v) is 2.38. The monoisotopic (exact) mass is 233 g/mol. The lowest BCUT2D eigenvalue weighted by molar-refractivity contribution is 0.167. The zero-order valence-corrected chi connectivity index (χ0v) is 11.1. The van der Waals surface area contributed by atoms with Crippen LogP contribution in [0.5, 0.6) is 5.75 Å². The highest BCUT2D eigenvalue weighted by Crippen LogP contribution is 2.33. The van der Waals surface area contributed by atoms with Crippen LogP contribution in [0.3, 0.4) is 0 Å². The summed E-state index contributed by atoms with van der Waals surface area (Å²) in [7, 11) is 1.70. The third-order valence-corrected chi connectivity index (χ3v) is 3.87. The highest BCUT2D eigenvalue weighted by molar-refractivity contribution is 5.27. The second-order valence-electron chi connectivity index (χ2n) is 5.40. The molecule has 2 nitrogen and oxygen atoms in total. The Hall–Kier alpha value is -1.02. The van der Waals surface area contributed by atoms with Crippen molar-refractivity contribution in [2.24, 2.45) is 11.8 Å². The lowest BCUT2D eigenvalue weighted by Crippen LogP contribution is -2.42. The Morgan fingerprint density at radius 3 is 2.41 bits per heavy atom. The Kier molecular flexibility index (Phi) is 4.06. The molecule has 0 aliphatic heterocycles. The van der Waals surface area contributed by atoms with Crippen molar-refractivity contribution in [2.75, 3.05) is 7.11 Å². The summed E-state index contributed by atoms with van der Waals surface area (Å²) in [4.78, 5) is 0. The summed E-state index contributed by atoms with van der Waals surface area (Å²) < 4.78 is 5.15. The molecule has 0 unspecified atom stereocenters. The summed E-state index contributed by atoms with van der Waals surface area (Å²) in [6.45, 7) is 5.62. The van der Waals surface area contributed by atoms with Crippen molar-refractivity contribution < 1.29 is 4.74 Å². The number of benzene rings is 1.